The van der Waals surface area contributed by atoms with E-state index in [0.29, 0.717) is 21.8 Å². The third-order valence-electron chi connectivity index (χ3n) is 7.57. The summed E-state index contributed by atoms with van der Waals surface area (Å²) in [5.41, 5.74) is 1.64. The fourth-order valence-corrected chi connectivity index (χ4v) is 7.58. The largest absolute Gasteiger partial charge is 0.311 e. The predicted octanol–water partition coefficient (Wildman–Crippen LogP) is 7.30. The van der Waals surface area contributed by atoms with Crippen LogP contribution in [0.25, 0.3) is 11.6 Å². The molecule has 0 spiro atoms. The van der Waals surface area contributed by atoms with Gasteiger partial charge in [0.2, 0.25) is 10.0 Å². The number of halogens is 2. The molecule has 1 fully saturated rings. The highest BCUT2D eigenvalue weighted by Crippen LogP contribution is 2.42. The van der Waals surface area contributed by atoms with Crippen molar-refractivity contribution in [2.24, 2.45) is 5.92 Å². The lowest BCUT2D eigenvalue weighted by Crippen LogP contribution is -2.36. The number of nitrogens with zero attached hydrogens (tertiary/aromatic N) is 3. The van der Waals surface area contributed by atoms with Gasteiger partial charge in [0.25, 0.3) is 5.91 Å². The maximum atomic E-state index is 15.1. The maximum Gasteiger partial charge on any atom is 0.258 e. The zero-order valence-electron chi connectivity index (χ0n) is 23.2. The molecule has 1 aliphatic heterocycles. The van der Waals surface area contributed by atoms with Gasteiger partial charge >= 0.3 is 0 Å². The molecule has 0 N–H and O–H groups in total. The first kappa shape index (κ1) is 30.0. The molecule has 1 saturated carbocycles. The van der Waals surface area contributed by atoms with Crippen LogP contribution >= 0.6 is 11.3 Å². The summed E-state index contributed by atoms with van der Waals surface area (Å²) in [5, 5.41) is 2.44. The van der Waals surface area contributed by atoms with Crippen LogP contribution in [0.4, 0.5) is 14.5 Å². The molecule has 1 unspecified atom stereocenters. The molecule has 0 saturated heterocycles. The number of hydrogen-bond acceptors (Lipinski definition) is 5. The Morgan fingerprint density at radius 1 is 1.07 bits per heavy atom. The molecule has 1 aromatic heterocycles. The van der Waals surface area contributed by atoms with Crippen molar-refractivity contribution in [3.8, 4) is 0 Å². The molecule has 2 aromatic carbocycles. The Morgan fingerprint density at radius 3 is 2.40 bits per heavy atom. The van der Waals surface area contributed by atoms with Gasteiger partial charge in [0.15, 0.2) is 0 Å². The molecule has 1 aliphatic carbocycles. The summed E-state index contributed by atoms with van der Waals surface area (Å²) < 4.78 is 58.2. The highest BCUT2D eigenvalue weighted by Gasteiger charge is 2.38. The number of fused-ring (bicyclic) bond motifs is 1. The van der Waals surface area contributed by atoms with Crippen LogP contribution in [0.5, 0.6) is 0 Å². The first-order valence-electron chi connectivity index (χ1n) is 13.6. The Morgan fingerprint density at radius 2 is 1.77 bits per heavy atom. The number of sulfonamides is 1. The van der Waals surface area contributed by atoms with Gasteiger partial charge in [-0.05, 0) is 49.1 Å². The molecule has 0 radical (unpaired) electrons. The zero-order chi connectivity index (χ0) is 29.0. The quantitative estimate of drug-likeness (QED) is 0.224. The summed E-state index contributed by atoms with van der Waals surface area (Å²) >= 11 is 1.38. The molecule has 3 aromatic rings. The number of carbonyl (C=O) groups is 1. The van der Waals surface area contributed by atoms with E-state index in [1.807, 2.05) is 13.8 Å². The Bertz CT molecular complexity index is 1480. The molecule has 214 valence electrons. The number of amides is 1. The number of hydrogen-bond donors (Lipinski definition) is 0. The van der Waals surface area contributed by atoms with E-state index >= 15 is 4.39 Å². The molecule has 1 atom stereocenters. The minimum absolute atomic E-state index is 0.00744. The van der Waals surface area contributed by atoms with Crippen LogP contribution in [-0.4, -0.2) is 37.7 Å². The van der Waals surface area contributed by atoms with Crippen molar-refractivity contribution >= 4 is 44.6 Å². The summed E-state index contributed by atoms with van der Waals surface area (Å²) in [7, 11) is -1.01. The average molecular weight is 588 g/mol. The van der Waals surface area contributed by atoms with Crippen LogP contribution in [0.2, 0.25) is 0 Å². The first-order chi connectivity index (χ1) is 19.2. The molecule has 10 heteroatoms. The van der Waals surface area contributed by atoms with Crippen LogP contribution in [0, 0.1) is 17.6 Å². The highest BCUT2D eigenvalue weighted by molar-refractivity contribution is 7.89. The van der Waals surface area contributed by atoms with E-state index in [1.165, 1.54) is 51.9 Å². The Labute approximate surface area is 239 Å². The third kappa shape index (κ3) is 5.89. The zero-order valence-corrected chi connectivity index (χ0v) is 24.9. The number of thiazole rings is 1. The number of rotatable bonds is 6. The van der Waals surface area contributed by atoms with Gasteiger partial charge in [-0.15, -0.1) is 11.3 Å². The Balaban J connectivity index is 0.00000181. The second-order valence-electron chi connectivity index (χ2n) is 9.86. The van der Waals surface area contributed by atoms with Gasteiger partial charge < -0.3 is 4.90 Å². The van der Waals surface area contributed by atoms with Crippen molar-refractivity contribution in [3.63, 3.8) is 0 Å². The molecule has 40 heavy (non-hydrogen) atoms. The second-order valence-corrected chi connectivity index (χ2v) is 12.8. The SMILES string of the molecule is CC.CN1C(=O)/C(=C/c2nccs2)c2cc(S(=O)(=O)N(C)C(c3ccc(F)cc3F)C3CCCCCC3)ccc21. The van der Waals surface area contributed by atoms with Crippen molar-refractivity contribution in [1.82, 2.24) is 9.29 Å². The lowest BCUT2D eigenvalue weighted by molar-refractivity contribution is -0.112. The van der Waals surface area contributed by atoms with Crippen molar-refractivity contribution < 1.29 is 22.0 Å². The van der Waals surface area contributed by atoms with Gasteiger partial charge in [-0.1, -0.05) is 45.6 Å². The lowest BCUT2D eigenvalue weighted by Gasteiger charge is -2.34. The van der Waals surface area contributed by atoms with Crippen LogP contribution in [0.3, 0.4) is 0 Å². The molecular weight excluding hydrogens is 552 g/mol. The van der Waals surface area contributed by atoms with Gasteiger partial charge in [0.05, 0.1) is 22.2 Å². The van der Waals surface area contributed by atoms with E-state index in [2.05, 4.69) is 4.98 Å². The summed E-state index contributed by atoms with van der Waals surface area (Å²) in [5.74, 6) is -1.82. The predicted molar refractivity (Wildman–Crippen MR) is 156 cm³/mol. The van der Waals surface area contributed by atoms with Crippen molar-refractivity contribution in [2.45, 2.75) is 63.3 Å². The summed E-state index contributed by atoms with van der Waals surface area (Å²) in [4.78, 5) is 18.7. The van der Waals surface area contributed by atoms with Crippen molar-refractivity contribution in [2.75, 3.05) is 19.0 Å². The standard InChI is InChI=1S/C28H29F2N3O3S2.C2H6/c1-32-25-12-10-20(16-22(25)23(28(32)34)17-26-31-13-14-37-26)38(35,36)33(2)27(18-7-5-3-4-6-8-18)21-11-9-19(29)15-24(21)30;1-2/h9-18,27H,3-8H2,1-2H3;1-2H3/b23-17+;. The minimum Gasteiger partial charge on any atom is -0.311 e. The van der Waals surface area contributed by atoms with Gasteiger partial charge in [0, 0.05) is 42.9 Å². The topological polar surface area (TPSA) is 70.6 Å². The normalized spacial score (nSPS) is 17.9. The molecule has 1 amide bonds. The Hall–Kier alpha value is -2.95. The van der Waals surface area contributed by atoms with E-state index in [0.717, 1.165) is 44.6 Å². The number of anilines is 1. The monoisotopic (exact) mass is 587 g/mol. The van der Waals surface area contributed by atoms with Crippen molar-refractivity contribution in [3.05, 3.63) is 75.7 Å². The number of benzene rings is 2. The lowest BCUT2D eigenvalue weighted by atomic mass is 9.87. The van der Waals surface area contributed by atoms with Crippen LogP contribution in [-0.2, 0) is 14.8 Å². The van der Waals surface area contributed by atoms with Crippen LogP contribution in [0.1, 0.15) is 74.5 Å². The molecule has 2 aliphatic rings. The highest BCUT2D eigenvalue weighted by atomic mass is 32.2. The fourth-order valence-electron chi connectivity index (χ4n) is 5.59. The van der Waals surface area contributed by atoms with E-state index < -0.39 is 27.7 Å². The van der Waals surface area contributed by atoms with E-state index in [1.54, 1.807) is 30.8 Å². The van der Waals surface area contributed by atoms with E-state index in [-0.39, 0.29) is 22.3 Å². The van der Waals surface area contributed by atoms with Gasteiger partial charge in [-0.3, -0.25) is 4.79 Å². The second kappa shape index (κ2) is 12.7. The van der Waals surface area contributed by atoms with E-state index in [9.17, 15) is 17.6 Å². The van der Waals surface area contributed by atoms with E-state index in [4.69, 9.17) is 0 Å². The van der Waals surface area contributed by atoms with Gasteiger partial charge in [0.1, 0.15) is 16.6 Å². The summed E-state index contributed by atoms with van der Waals surface area (Å²) in [6, 6.07) is 7.16. The maximum absolute atomic E-state index is 15.1. The van der Waals surface area contributed by atoms with Gasteiger partial charge in [-0.25, -0.2) is 22.2 Å². The summed E-state index contributed by atoms with van der Waals surface area (Å²) in [6.07, 6.45) is 8.76. The molecule has 5 rings (SSSR count). The fraction of sp³-hybridized carbons (Fsp3) is 0.400. The van der Waals surface area contributed by atoms with Crippen molar-refractivity contribution in [1.29, 1.82) is 0 Å². The molecular formula is C30H35F2N3O3S2. The third-order valence-corrected chi connectivity index (χ3v) is 10.1. The minimum atomic E-state index is -4.11. The van der Waals surface area contributed by atoms with Gasteiger partial charge in [-0.2, -0.15) is 4.31 Å². The first-order valence-corrected chi connectivity index (χ1v) is 16.0. The number of aromatic nitrogens is 1. The number of carbonyl (C=O) groups excluding carboxylic acids is 1. The molecule has 2 heterocycles. The molecule has 0 bridgehead atoms. The van der Waals surface area contributed by atoms with Crippen LogP contribution < -0.4 is 4.90 Å². The summed E-state index contributed by atoms with van der Waals surface area (Å²) in [6.45, 7) is 4.00. The number of likely N-dealkylation sites (N-methyl/N-ethyl adjacent to an activating group) is 1. The Kier molecular flexibility index (Phi) is 9.53. The smallest absolute Gasteiger partial charge is 0.258 e. The average Bonchev–Trinajstić information content (AvgIpc) is 3.43. The van der Waals surface area contributed by atoms with Crippen LogP contribution in [0.15, 0.2) is 52.9 Å². The molecule has 6 nitrogen and oxygen atoms in total.